The minimum Gasteiger partial charge on any atom is -0.492 e. The molecule has 0 fully saturated rings. The van der Waals surface area contributed by atoms with E-state index in [2.05, 4.69) is 35.7 Å². The van der Waals surface area contributed by atoms with E-state index >= 15 is 0 Å². The molecule has 3 aromatic carbocycles. The Morgan fingerprint density at radius 1 is 0.900 bits per heavy atom. The molecule has 0 saturated carbocycles. The lowest BCUT2D eigenvalue weighted by Crippen LogP contribution is -2.34. The number of benzene rings is 3. The number of nitrogens with zero attached hydrogens (tertiary/aromatic N) is 1. The first-order chi connectivity index (χ1) is 14.5. The SMILES string of the molecule is C=CCC(O)(c1ccccc1)C(c1ccccc1)c1ccc(OCCN(C)C)cc1. The van der Waals surface area contributed by atoms with Gasteiger partial charge in [-0.25, -0.2) is 0 Å². The second kappa shape index (κ2) is 10.2. The fourth-order valence-electron chi connectivity index (χ4n) is 3.84. The summed E-state index contributed by atoms with van der Waals surface area (Å²) in [7, 11) is 4.06. The third kappa shape index (κ3) is 5.18. The van der Waals surface area contributed by atoms with Crippen LogP contribution >= 0.6 is 0 Å². The van der Waals surface area contributed by atoms with E-state index in [9.17, 15) is 5.11 Å². The van der Waals surface area contributed by atoms with Crippen molar-refractivity contribution in [2.24, 2.45) is 0 Å². The number of hydrogen-bond acceptors (Lipinski definition) is 3. The third-order valence-corrected chi connectivity index (χ3v) is 5.36. The second-order valence-corrected chi connectivity index (χ2v) is 7.85. The highest BCUT2D eigenvalue weighted by atomic mass is 16.5. The zero-order valence-electron chi connectivity index (χ0n) is 17.9. The van der Waals surface area contributed by atoms with Gasteiger partial charge in [0, 0.05) is 12.5 Å². The molecule has 3 nitrogen and oxygen atoms in total. The quantitative estimate of drug-likeness (QED) is 0.473. The van der Waals surface area contributed by atoms with Gasteiger partial charge in [-0.05, 0) is 49.3 Å². The van der Waals surface area contributed by atoms with Gasteiger partial charge in [0.05, 0.1) is 0 Å². The highest BCUT2D eigenvalue weighted by Gasteiger charge is 2.39. The average Bonchev–Trinajstić information content (AvgIpc) is 2.76. The summed E-state index contributed by atoms with van der Waals surface area (Å²) >= 11 is 0. The van der Waals surface area contributed by atoms with Crippen molar-refractivity contribution >= 4 is 0 Å². The van der Waals surface area contributed by atoms with E-state index in [1.807, 2.05) is 74.8 Å². The Kier molecular flexibility index (Phi) is 7.45. The van der Waals surface area contributed by atoms with Crippen molar-refractivity contribution in [2.45, 2.75) is 17.9 Å². The molecule has 3 rings (SSSR count). The molecule has 0 amide bonds. The van der Waals surface area contributed by atoms with Gasteiger partial charge < -0.3 is 14.7 Å². The summed E-state index contributed by atoms with van der Waals surface area (Å²) in [6.45, 7) is 5.42. The van der Waals surface area contributed by atoms with Crippen LogP contribution in [0.25, 0.3) is 0 Å². The maximum atomic E-state index is 12.0. The first-order valence-corrected chi connectivity index (χ1v) is 10.4. The van der Waals surface area contributed by atoms with Crippen molar-refractivity contribution in [3.63, 3.8) is 0 Å². The molecule has 0 heterocycles. The predicted octanol–water partition coefficient (Wildman–Crippen LogP) is 5.22. The second-order valence-electron chi connectivity index (χ2n) is 7.85. The first kappa shape index (κ1) is 21.8. The fourth-order valence-corrected chi connectivity index (χ4v) is 3.84. The van der Waals surface area contributed by atoms with E-state index in [1.54, 1.807) is 6.08 Å². The Morgan fingerprint density at radius 3 is 2.03 bits per heavy atom. The number of hydrogen-bond donors (Lipinski definition) is 1. The summed E-state index contributed by atoms with van der Waals surface area (Å²) in [5.74, 6) is 0.592. The monoisotopic (exact) mass is 401 g/mol. The predicted molar refractivity (Wildman–Crippen MR) is 124 cm³/mol. The molecule has 1 N–H and O–H groups in total. The molecule has 2 unspecified atom stereocenters. The maximum Gasteiger partial charge on any atom is 0.119 e. The van der Waals surface area contributed by atoms with Crippen molar-refractivity contribution in [3.05, 3.63) is 114 Å². The van der Waals surface area contributed by atoms with Crippen LogP contribution in [0.15, 0.2) is 97.6 Å². The molecule has 2 atom stereocenters. The van der Waals surface area contributed by atoms with Crippen molar-refractivity contribution in [2.75, 3.05) is 27.2 Å². The highest BCUT2D eigenvalue weighted by Crippen LogP contribution is 2.44. The topological polar surface area (TPSA) is 32.7 Å². The summed E-state index contributed by atoms with van der Waals surface area (Å²) < 4.78 is 5.85. The maximum absolute atomic E-state index is 12.0. The van der Waals surface area contributed by atoms with E-state index in [-0.39, 0.29) is 5.92 Å². The zero-order valence-corrected chi connectivity index (χ0v) is 17.9. The fraction of sp³-hybridized carbons (Fsp3) is 0.259. The van der Waals surface area contributed by atoms with Crippen LogP contribution in [-0.2, 0) is 5.60 Å². The molecule has 0 aromatic heterocycles. The third-order valence-electron chi connectivity index (χ3n) is 5.36. The molecular formula is C27H31NO2. The van der Waals surface area contributed by atoms with Gasteiger partial charge in [0.15, 0.2) is 0 Å². The Labute approximate surface area is 180 Å². The standard InChI is InChI=1S/C27H31NO2/c1-4-19-27(29,24-13-9-6-10-14-24)26(22-11-7-5-8-12-22)23-15-17-25(18-16-23)30-21-20-28(2)3/h4-18,26,29H,1,19-21H2,2-3H3. The molecule has 0 aliphatic heterocycles. The van der Waals surface area contributed by atoms with Gasteiger partial charge in [0.1, 0.15) is 18.0 Å². The van der Waals surface area contributed by atoms with Gasteiger partial charge in [0.25, 0.3) is 0 Å². The van der Waals surface area contributed by atoms with Crippen molar-refractivity contribution in [1.82, 2.24) is 4.90 Å². The lowest BCUT2D eigenvalue weighted by molar-refractivity contribution is 0.0221. The van der Waals surface area contributed by atoms with E-state index in [0.717, 1.165) is 29.0 Å². The van der Waals surface area contributed by atoms with E-state index in [0.29, 0.717) is 13.0 Å². The average molecular weight is 402 g/mol. The Hall–Kier alpha value is -2.88. The van der Waals surface area contributed by atoms with Crippen molar-refractivity contribution < 1.29 is 9.84 Å². The van der Waals surface area contributed by atoms with Crippen LogP contribution in [0.4, 0.5) is 0 Å². The molecule has 3 aromatic rings. The molecule has 0 bridgehead atoms. The minimum atomic E-state index is -1.11. The lowest BCUT2D eigenvalue weighted by atomic mass is 9.72. The van der Waals surface area contributed by atoms with Gasteiger partial charge in [-0.3, -0.25) is 0 Å². The zero-order chi connectivity index (χ0) is 21.4. The number of likely N-dealkylation sites (N-methyl/N-ethyl adjacent to an activating group) is 1. The molecule has 0 aliphatic rings. The summed E-state index contributed by atoms with van der Waals surface area (Å²) in [6, 6.07) is 28.1. The van der Waals surface area contributed by atoms with Crippen LogP contribution in [0.1, 0.15) is 29.0 Å². The van der Waals surface area contributed by atoms with Crippen molar-refractivity contribution in [1.29, 1.82) is 0 Å². The van der Waals surface area contributed by atoms with Gasteiger partial charge in [-0.1, -0.05) is 78.9 Å². The van der Waals surface area contributed by atoms with E-state index in [4.69, 9.17) is 4.74 Å². The molecule has 30 heavy (non-hydrogen) atoms. The van der Waals surface area contributed by atoms with E-state index in [1.165, 1.54) is 0 Å². The van der Waals surface area contributed by atoms with E-state index < -0.39 is 5.60 Å². The van der Waals surface area contributed by atoms with Crippen LogP contribution in [0, 0.1) is 0 Å². The highest BCUT2D eigenvalue weighted by molar-refractivity contribution is 5.42. The van der Waals surface area contributed by atoms with Crippen molar-refractivity contribution in [3.8, 4) is 5.75 Å². The molecule has 0 saturated heterocycles. The number of ether oxygens (including phenoxy) is 1. The molecule has 3 heteroatoms. The van der Waals surface area contributed by atoms with Gasteiger partial charge >= 0.3 is 0 Å². The number of aliphatic hydroxyl groups is 1. The van der Waals surface area contributed by atoms with Gasteiger partial charge in [-0.2, -0.15) is 0 Å². The largest absolute Gasteiger partial charge is 0.492 e. The summed E-state index contributed by atoms with van der Waals surface area (Å²) in [4.78, 5) is 2.09. The Morgan fingerprint density at radius 2 is 1.47 bits per heavy atom. The van der Waals surface area contributed by atoms with Crippen LogP contribution < -0.4 is 4.74 Å². The van der Waals surface area contributed by atoms with Crippen LogP contribution in [0.3, 0.4) is 0 Å². The molecule has 0 aliphatic carbocycles. The Balaban J connectivity index is 2.00. The normalized spacial score (nSPS) is 14.1. The smallest absolute Gasteiger partial charge is 0.119 e. The van der Waals surface area contributed by atoms with Crippen LogP contribution in [0.5, 0.6) is 5.75 Å². The number of rotatable bonds is 10. The molecule has 156 valence electrons. The van der Waals surface area contributed by atoms with Crippen LogP contribution in [0.2, 0.25) is 0 Å². The first-order valence-electron chi connectivity index (χ1n) is 10.4. The summed E-state index contributed by atoms with van der Waals surface area (Å²) in [5, 5.41) is 12.0. The minimum absolute atomic E-state index is 0.241. The lowest BCUT2D eigenvalue weighted by Gasteiger charge is -2.37. The summed E-state index contributed by atoms with van der Waals surface area (Å²) in [5.41, 5.74) is 1.86. The molecule has 0 spiro atoms. The molecular weight excluding hydrogens is 370 g/mol. The molecule has 0 radical (unpaired) electrons. The van der Waals surface area contributed by atoms with Gasteiger partial charge in [0.2, 0.25) is 0 Å². The summed E-state index contributed by atoms with van der Waals surface area (Å²) in [6.07, 6.45) is 2.24. The Bertz CT molecular complexity index is 907. The van der Waals surface area contributed by atoms with Gasteiger partial charge in [-0.15, -0.1) is 6.58 Å². The van der Waals surface area contributed by atoms with Crippen LogP contribution in [-0.4, -0.2) is 37.3 Å².